The Kier molecular flexibility index (Phi) is 3.75. The van der Waals surface area contributed by atoms with Gasteiger partial charge in [-0.3, -0.25) is 8.98 Å². The third kappa shape index (κ3) is 2.91. The van der Waals surface area contributed by atoms with Crippen LogP contribution in [0.1, 0.15) is 11.7 Å². The van der Waals surface area contributed by atoms with Gasteiger partial charge in [0.25, 0.3) is 5.91 Å². The molecule has 2 N–H and O–H groups in total. The fraction of sp³-hybridized carbons (Fsp3) is 0.125. The fourth-order valence-electron chi connectivity index (χ4n) is 0.974. The van der Waals surface area contributed by atoms with E-state index >= 15 is 0 Å². The Morgan fingerprint density at radius 2 is 2.00 bits per heavy atom. The molecule has 0 saturated heterocycles. The molecule has 0 spiro atoms. The van der Waals surface area contributed by atoms with E-state index < -0.39 is 23.4 Å². The van der Waals surface area contributed by atoms with Gasteiger partial charge in [0.2, 0.25) is 0 Å². The average Bonchev–Trinajstić information content (AvgIpc) is 2.15. The summed E-state index contributed by atoms with van der Waals surface area (Å²) in [5.74, 6) is -0.847. The maximum absolute atomic E-state index is 10.9. The standard InChI is InChI=1S/C8H9NO4S/c9-8(10)7(13-14(11)12)6-4-2-1-3-5-6/h1-5,7H,(H2,9,10)(H,11,12)/p-1. The third-order valence-corrected chi connectivity index (χ3v) is 1.89. The van der Waals surface area contributed by atoms with Crippen LogP contribution in [0.15, 0.2) is 30.3 Å². The van der Waals surface area contributed by atoms with E-state index in [-0.39, 0.29) is 0 Å². The lowest BCUT2D eigenvalue weighted by atomic mass is 10.1. The molecule has 0 bridgehead atoms. The summed E-state index contributed by atoms with van der Waals surface area (Å²) >= 11 is -2.77. The zero-order valence-corrected chi connectivity index (χ0v) is 7.90. The van der Waals surface area contributed by atoms with Crippen LogP contribution in [-0.4, -0.2) is 14.7 Å². The lowest BCUT2D eigenvalue weighted by Crippen LogP contribution is -2.24. The summed E-state index contributed by atoms with van der Waals surface area (Å²) in [5.41, 5.74) is 5.39. The molecule has 0 aliphatic carbocycles. The minimum atomic E-state index is -2.77. The van der Waals surface area contributed by atoms with E-state index in [9.17, 15) is 13.6 Å². The summed E-state index contributed by atoms with van der Waals surface area (Å²) in [7, 11) is 0. The van der Waals surface area contributed by atoms with Gasteiger partial charge in [0, 0.05) is 0 Å². The lowest BCUT2D eigenvalue weighted by molar-refractivity contribution is -0.124. The number of rotatable bonds is 4. The van der Waals surface area contributed by atoms with E-state index in [1.54, 1.807) is 30.3 Å². The van der Waals surface area contributed by atoms with Crippen LogP contribution >= 0.6 is 0 Å². The molecule has 0 heterocycles. The minimum absolute atomic E-state index is 0.407. The van der Waals surface area contributed by atoms with Crippen LogP contribution in [0.25, 0.3) is 0 Å². The van der Waals surface area contributed by atoms with Gasteiger partial charge >= 0.3 is 0 Å². The van der Waals surface area contributed by atoms with Crippen LogP contribution in [-0.2, 0) is 20.3 Å². The van der Waals surface area contributed by atoms with E-state index in [0.717, 1.165) is 0 Å². The quantitative estimate of drug-likeness (QED) is 0.715. The number of benzene rings is 1. The van der Waals surface area contributed by atoms with Gasteiger partial charge in [-0.2, -0.15) is 0 Å². The summed E-state index contributed by atoms with van der Waals surface area (Å²) in [6.07, 6.45) is -1.26. The predicted molar refractivity (Wildman–Crippen MR) is 48.4 cm³/mol. The molecule has 76 valence electrons. The molecular formula is C8H8NO4S-. The molecular weight excluding hydrogens is 206 g/mol. The van der Waals surface area contributed by atoms with Crippen molar-refractivity contribution in [2.75, 3.05) is 0 Å². The van der Waals surface area contributed by atoms with Gasteiger partial charge in [-0.05, 0) is 5.56 Å². The molecule has 2 atom stereocenters. The predicted octanol–water partition coefficient (Wildman–Crippen LogP) is 0.0237. The Morgan fingerprint density at radius 3 is 2.43 bits per heavy atom. The Bertz CT molecular complexity index is 340. The van der Waals surface area contributed by atoms with Crippen LogP contribution in [0.3, 0.4) is 0 Å². The summed E-state index contributed by atoms with van der Waals surface area (Å²) in [6.45, 7) is 0. The average molecular weight is 214 g/mol. The number of primary amides is 1. The number of nitrogens with two attached hydrogens (primary N) is 1. The summed E-state index contributed by atoms with van der Waals surface area (Å²) in [6, 6.07) is 8.16. The van der Waals surface area contributed by atoms with Crippen LogP contribution in [0, 0.1) is 0 Å². The Labute approximate surface area is 83.4 Å². The largest absolute Gasteiger partial charge is 0.750 e. The van der Waals surface area contributed by atoms with Crippen molar-refractivity contribution in [3.05, 3.63) is 35.9 Å². The van der Waals surface area contributed by atoms with E-state index in [2.05, 4.69) is 4.18 Å². The van der Waals surface area contributed by atoms with E-state index in [0.29, 0.717) is 5.56 Å². The number of carbonyl (C=O) groups is 1. The van der Waals surface area contributed by atoms with Crippen LogP contribution < -0.4 is 5.73 Å². The highest BCUT2D eigenvalue weighted by molar-refractivity contribution is 7.74. The highest BCUT2D eigenvalue weighted by atomic mass is 32.2. The van der Waals surface area contributed by atoms with Crippen molar-refractivity contribution in [3.8, 4) is 0 Å². The number of carbonyl (C=O) groups excluding carboxylic acids is 1. The molecule has 0 saturated carbocycles. The van der Waals surface area contributed by atoms with Gasteiger partial charge in [0.05, 0.1) is 11.4 Å². The van der Waals surface area contributed by atoms with Crippen molar-refractivity contribution in [2.45, 2.75) is 6.10 Å². The Hall–Kier alpha value is -1.24. The normalized spacial score (nSPS) is 14.6. The summed E-state index contributed by atoms with van der Waals surface area (Å²) in [5, 5.41) is 0. The summed E-state index contributed by atoms with van der Waals surface area (Å²) < 4.78 is 24.9. The molecule has 1 rings (SSSR count). The maximum atomic E-state index is 10.9. The van der Waals surface area contributed by atoms with Gasteiger partial charge in [-0.1, -0.05) is 30.3 Å². The van der Waals surface area contributed by atoms with Crippen molar-refractivity contribution in [1.29, 1.82) is 0 Å². The molecule has 0 fully saturated rings. The third-order valence-electron chi connectivity index (χ3n) is 1.54. The van der Waals surface area contributed by atoms with Crippen molar-refractivity contribution >= 4 is 17.3 Å². The van der Waals surface area contributed by atoms with Crippen molar-refractivity contribution in [3.63, 3.8) is 0 Å². The first-order valence-electron chi connectivity index (χ1n) is 3.72. The van der Waals surface area contributed by atoms with Gasteiger partial charge in [0.1, 0.15) is 0 Å². The number of amides is 1. The Balaban J connectivity index is 2.89. The first-order valence-corrected chi connectivity index (χ1v) is 4.72. The van der Waals surface area contributed by atoms with Gasteiger partial charge in [-0.15, -0.1) is 0 Å². The molecule has 1 amide bonds. The number of hydrogen-bond acceptors (Lipinski definition) is 4. The topological polar surface area (TPSA) is 92.5 Å². The zero-order chi connectivity index (χ0) is 10.6. The molecule has 2 unspecified atom stereocenters. The Morgan fingerprint density at radius 1 is 1.43 bits per heavy atom. The second kappa shape index (κ2) is 4.85. The maximum Gasteiger partial charge on any atom is 0.252 e. The monoisotopic (exact) mass is 214 g/mol. The zero-order valence-electron chi connectivity index (χ0n) is 7.08. The SMILES string of the molecule is NC(=O)C(OS(=O)[O-])c1ccccc1. The molecule has 0 aliphatic heterocycles. The van der Waals surface area contributed by atoms with E-state index in [1.807, 2.05) is 0 Å². The molecule has 5 nitrogen and oxygen atoms in total. The van der Waals surface area contributed by atoms with Crippen molar-refractivity contribution in [2.24, 2.45) is 5.73 Å². The highest BCUT2D eigenvalue weighted by Gasteiger charge is 2.18. The van der Waals surface area contributed by atoms with Gasteiger partial charge in [0.15, 0.2) is 6.10 Å². The van der Waals surface area contributed by atoms with Crippen LogP contribution in [0.4, 0.5) is 0 Å². The van der Waals surface area contributed by atoms with Crippen molar-refractivity contribution < 1.29 is 17.7 Å². The van der Waals surface area contributed by atoms with E-state index in [1.165, 1.54) is 0 Å². The van der Waals surface area contributed by atoms with Crippen LogP contribution in [0.2, 0.25) is 0 Å². The molecule has 0 aliphatic rings. The molecule has 0 radical (unpaired) electrons. The smallest absolute Gasteiger partial charge is 0.252 e. The van der Waals surface area contributed by atoms with Gasteiger partial charge in [-0.25, -0.2) is 4.21 Å². The first kappa shape index (κ1) is 10.8. The second-order valence-corrected chi connectivity index (χ2v) is 3.09. The molecule has 6 heteroatoms. The first-order chi connectivity index (χ1) is 6.61. The van der Waals surface area contributed by atoms with Gasteiger partial charge < -0.3 is 10.3 Å². The molecule has 14 heavy (non-hydrogen) atoms. The highest BCUT2D eigenvalue weighted by Crippen LogP contribution is 2.16. The minimum Gasteiger partial charge on any atom is -0.750 e. The number of hydrogen-bond donors (Lipinski definition) is 1. The molecule has 1 aromatic carbocycles. The lowest BCUT2D eigenvalue weighted by Gasteiger charge is -2.15. The summed E-state index contributed by atoms with van der Waals surface area (Å²) in [4.78, 5) is 10.9. The molecule has 0 aromatic heterocycles. The second-order valence-electron chi connectivity index (χ2n) is 2.49. The van der Waals surface area contributed by atoms with Crippen molar-refractivity contribution in [1.82, 2.24) is 0 Å². The fourth-order valence-corrected chi connectivity index (χ4v) is 1.34. The van der Waals surface area contributed by atoms with E-state index in [4.69, 9.17) is 5.73 Å². The molecule has 1 aromatic rings. The van der Waals surface area contributed by atoms with Crippen LogP contribution in [0.5, 0.6) is 0 Å².